The first-order valence-corrected chi connectivity index (χ1v) is 5.26. The summed E-state index contributed by atoms with van der Waals surface area (Å²) in [5, 5.41) is 0. The Balaban J connectivity index is 2.95. The summed E-state index contributed by atoms with van der Waals surface area (Å²) >= 11 is 0. The molecule has 0 fully saturated rings. The molecule has 0 amide bonds. The van der Waals surface area contributed by atoms with Crippen molar-refractivity contribution < 1.29 is 9.13 Å². The largest absolute Gasteiger partial charge is 0.490 e. The van der Waals surface area contributed by atoms with Crippen LogP contribution >= 0.6 is 0 Å². The van der Waals surface area contributed by atoms with E-state index in [0.29, 0.717) is 5.75 Å². The van der Waals surface area contributed by atoms with Crippen molar-refractivity contribution in [2.75, 3.05) is 0 Å². The van der Waals surface area contributed by atoms with Gasteiger partial charge < -0.3 is 10.5 Å². The van der Waals surface area contributed by atoms with Crippen LogP contribution in [0.2, 0.25) is 0 Å². The molecule has 84 valence electrons. The molecular weight excluding hydrogens is 193 g/mol. The van der Waals surface area contributed by atoms with Crippen LogP contribution in [-0.4, -0.2) is 6.10 Å². The van der Waals surface area contributed by atoms with E-state index in [1.807, 2.05) is 20.8 Å². The van der Waals surface area contributed by atoms with Gasteiger partial charge in [0.25, 0.3) is 0 Å². The first-order chi connectivity index (χ1) is 7.04. The second-order valence-corrected chi connectivity index (χ2v) is 3.81. The van der Waals surface area contributed by atoms with Crippen LogP contribution in [0.4, 0.5) is 4.39 Å². The van der Waals surface area contributed by atoms with Crippen LogP contribution < -0.4 is 10.5 Å². The van der Waals surface area contributed by atoms with Crippen molar-refractivity contribution in [3.05, 3.63) is 29.6 Å². The van der Waals surface area contributed by atoms with E-state index in [1.54, 1.807) is 6.07 Å². The molecule has 0 saturated carbocycles. The Kier molecular flexibility index (Phi) is 4.09. The van der Waals surface area contributed by atoms with E-state index in [9.17, 15) is 4.39 Å². The lowest BCUT2D eigenvalue weighted by Crippen LogP contribution is -2.14. The second kappa shape index (κ2) is 5.12. The van der Waals surface area contributed by atoms with E-state index in [2.05, 4.69) is 0 Å². The quantitative estimate of drug-likeness (QED) is 0.830. The highest BCUT2D eigenvalue weighted by molar-refractivity contribution is 5.36. The van der Waals surface area contributed by atoms with Crippen molar-refractivity contribution >= 4 is 0 Å². The number of ether oxygens (including phenoxy) is 1. The normalized spacial score (nSPS) is 14.7. The number of nitrogens with two attached hydrogens (primary N) is 1. The predicted molar refractivity (Wildman–Crippen MR) is 59.4 cm³/mol. The van der Waals surface area contributed by atoms with Gasteiger partial charge in [-0.15, -0.1) is 0 Å². The molecule has 0 aromatic heterocycles. The average molecular weight is 211 g/mol. The number of hydrogen-bond acceptors (Lipinski definition) is 2. The molecule has 1 rings (SSSR count). The third-order valence-corrected chi connectivity index (χ3v) is 2.37. The van der Waals surface area contributed by atoms with E-state index in [0.717, 1.165) is 12.0 Å². The second-order valence-electron chi connectivity index (χ2n) is 3.81. The van der Waals surface area contributed by atoms with Crippen LogP contribution in [0.15, 0.2) is 18.2 Å². The molecule has 15 heavy (non-hydrogen) atoms. The van der Waals surface area contributed by atoms with Crippen LogP contribution in [0, 0.1) is 5.82 Å². The van der Waals surface area contributed by atoms with Crippen molar-refractivity contribution in [2.45, 2.75) is 39.3 Å². The molecule has 0 aliphatic carbocycles. The molecule has 0 saturated heterocycles. The van der Waals surface area contributed by atoms with Gasteiger partial charge in [-0.1, -0.05) is 6.92 Å². The van der Waals surface area contributed by atoms with Crippen LogP contribution in [0.25, 0.3) is 0 Å². The summed E-state index contributed by atoms with van der Waals surface area (Å²) in [5.41, 5.74) is 6.47. The summed E-state index contributed by atoms with van der Waals surface area (Å²) in [5.74, 6) is 0.402. The summed E-state index contributed by atoms with van der Waals surface area (Å²) in [6, 6.07) is 4.24. The fourth-order valence-corrected chi connectivity index (χ4v) is 1.28. The highest BCUT2D eigenvalue weighted by Crippen LogP contribution is 2.25. The third kappa shape index (κ3) is 3.20. The van der Waals surface area contributed by atoms with Gasteiger partial charge in [-0.05, 0) is 38.5 Å². The monoisotopic (exact) mass is 211 g/mol. The molecular formula is C12H18FNO. The van der Waals surface area contributed by atoms with Gasteiger partial charge in [-0.2, -0.15) is 0 Å². The van der Waals surface area contributed by atoms with Gasteiger partial charge in [-0.25, -0.2) is 4.39 Å². The van der Waals surface area contributed by atoms with Gasteiger partial charge in [0, 0.05) is 11.6 Å². The minimum absolute atomic E-state index is 0.118. The molecule has 0 aliphatic heterocycles. The van der Waals surface area contributed by atoms with Gasteiger partial charge in [0.2, 0.25) is 0 Å². The molecule has 1 unspecified atom stereocenters. The Labute approximate surface area is 90.2 Å². The zero-order valence-electron chi connectivity index (χ0n) is 9.46. The van der Waals surface area contributed by atoms with Gasteiger partial charge >= 0.3 is 0 Å². The maximum absolute atomic E-state index is 13.0. The Bertz CT molecular complexity index is 325. The van der Waals surface area contributed by atoms with Crippen LogP contribution in [0.5, 0.6) is 5.75 Å². The SMILES string of the molecule is CCC(C)Oc1ccc(F)cc1[C@H](C)N. The molecule has 1 aromatic rings. The molecule has 1 aromatic carbocycles. The van der Waals surface area contributed by atoms with Gasteiger partial charge in [-0.3, -0.25) is 0 Å². The van der Waals surface area contributed by atoms with Crippen molar-refractivity contribution in [3.8, 4) is 5.75 Å². The van der Waals surface area contributed by atoms with Crippen LogP contribution in [-0.2, 0) is 0 Å². The molecule has 0 heterocycles. The van der Waals surface area contributed by atoms with Crippen LogP contribution in [0.1, 0.15) is 38.8 Å². The number of rotatable bonds is 4. The molecule has 0 aliphatic rings. The molecule has 0 bridgehead atoms. The molecule has 0 radical (unpaired) electrons. The summed E-state index contributed by atoms with van der Waals surface area (Å²) < 4.78 is 18.7. The fourth-order valence-electron chi connectivity index (χ4n) is 1.28. The number of hydrogen-bond donors (Lipinski definition) is 1. The molecule has 0 spiro atoms. The Morgan fingerprint density at radius 2 is 2.07 bits per heavy atom. The minimum atomic E-state index is -0.279. The maximum atomic E-state index is 13.0. The predicted octanol–water partition coefficient (Wildman–Crippen LogP) is 3.02. The minimum Gasteiger partial charge on any atom is -0.490 e. The zero-order valence-corrected chi connectivity index (χ0v) is 9.46. The molecule has 3 heteroatoms. The Morgan fingerprint density at radius 1 is 1.40 bits per heavy atom. The van der Waals surface area contributed by atoms with Crippen molar-refractivity contribution in [1.29, 1.82) is 0 Å². The van der Waals surface area contributed by atoms with E-state index in [4.69, 9.17) is 10.5 Å². The first kappa shape index (κ1) is 12.0. The summed E-state index contributed by atoms with van der Waals surface area (Å²) in [7, 11) is 0. The lowest BCUT2D eigenvalue weighted by atomic mass is 10.1. The van der Waals surface area contributed by atoms with E-state index in [-0.39, 0.29) is 18.0 Å². The van der Waals surface area contributed by atoms with Gasteiger partial charge in [0.05, 0.1) is 6.10 Å². The highest BCUT2D eigenvalue weighted by atomic mass is 19.1. The zero-order chi connectivity index (χ0) is 11.4. The lowest BCUT2D eigenvalue weighted by Gasteiger charge is -2.17. The average Bonchev–Trinajstić information content (AvgIpc) is 2.20. The third-order valence-electron chi connectivity index (χ3n) is 2.37. The first-order valence-electron chi connectivity index (χ1n) is 5.26. The fraction of sp³-hybridized carbons (Fsp3) is 0.500. The van der Waals surface area contributed by atoms with E-state index < -0.39 is 0 Å². The standard InChI is InChI=1S/C12H18FNO/c1-4-8(2)15-12-6-5-10(13)7-11(12)9(3)14/h5-9H,4,14H2,1-3H3/t8?,9-/m0/s1. The Morgan fingerprint density at radius 3 is 2.60 bits per heavy atom. The number of benzene rings is 1. The molecule has 2 nitrogen and oxygen atoms in total. The maximum Gasteiger partial charge on any atom is 0.124 e. The van der Waals surface area contributed by atoms with Crippen molar-refractivity contribution in [2.24, 2.45) is 5.73 Å². The summed E-state index contributed by atoms with van der Waals surface area (Å²) in [6.07, 6.45) is 1.03. The van der Waals surface area contributed by atoms with E-state index in [1.165, 1.54) is 12.1 Å². The van der Waals surface area contributed by atoms with Gasteiger partial charge in [0.15, 0.2) is 0 Å². The highest BCUT2D eigenvalue weighted by Gasteiger charge is 2.11. The Hall–Kier alpha value is -1.09. The topological polar surface area (TPSA) is 35.2 Å². The molecule has 2 N–H and O–H groups in total. The number of halogens is 1. The van der Waals surface area contributed by atoms with Crippen molar-refractivity contribution in [3.63, 3.8) is 0 Å². The van der Waals surface area contributed by atoms with E-state index >= 15 is 0 Å². The summed E-state index contributed by atoms with van der Waals surface area (Å²) in [4.78, 5) is 0. The van der Waals surface area contributed by atoms with Crippen molar-refractivity contribution in [1.82, 2.24) is 0 Å². The molecule has 2 atom stereocenters. The smallest absolute Gasteiger partial charge is 0.124 e. The summed E-state index contributed by atoms with van der Waals surface area (Å²) in [6.45, 7) is 5.84. The lowest BCUT2D eigenvalue weighted by molar-refractivity contribution is 0.214. The van der Waals surface area contributed by atoms with Crippen LogP contribution in [0.3, 0.4) is 0 Å². The van der Waals surface area contributed by atoms with Gasteiger partial charge in [0.1, 0.15) is 11.6 Å².